The molecule has 1 aromatic heterocycles. The fraction of sp³-hybridized carbons (Fsp3) is 0.111. The van der Waals surface area contributed by atoms with E-state index in [1.54, 1.807) is 0 Å². The minimum absolute atomic E-state index is 0.167. The van der Waals surface area contributed by atoms with Gasteiger partial charge in [0, 0.05) is 22.2 Å². The number of nitrogens with zero attached hydrogens (tertiary/aromatic N) is 1. The number of benzene rings is 3. The third-order valence-corrected chi connectivity index (χ3v) is 6.30. The van der Waals surface area contributed by atoms with Gasteiger partial charge >= 0.3 is 6.18 Å². The van der Waals surface area contributed by atoms with Gasteiger partial charge in [-0.3, -0.25) is 14.5 Å². The van der Waals surface area contributed by atoms with Crippen LogP contribution in [-0.2, 0) is 11.0 Å². The molecule has 194 valence electrons. The second-order valence-electron chi connectivity index (χ2n) is 8.45. The Morgan fingerprint density at radius 1 is 1.05 bits per heavy atom. The number of anilines is 1. The number of rotatable bonds is 5. The van der Waals surface area contributed by atoms with Gasteiger partial charge in [0.25, 0.3) is 5.91 Å². The summed E-state index contributed by atoms with van der Waals surface area (Å²) in [6, 6.07) is 12.4. The number of hydrogen-bond acceptors (Lipinski definition) is 6. The van der Waals surface area contributed by atoms with Crippen LogP contribution in [0.2, 0.25) is 5.02 Å². The summed E-state index contributed by atoms with van der Waals surface area (Å²) >= 11 is 6.10. The summed E-state index contributed by atoms with van der Waals surface area (Å²) in [7, 11) is 1.38. The van der Waals surface area contributed by atoms with Crippen LogP contribution in [0.3, 0.4) is 0 Å². The first-order valence-corrected chi connectivity index (χ1v) is 11.4. The topological polar surface area (TPSA) is 100 Å². The van der Waals surface area contributed by atoms with Crippen LogP contribution in [0.4, 0.5) is 18.9 Å². The van der Waals surface area contributed by atoms with E-state index in [1.807, 2.05) is 0 Å². The smallest absolute Gasteiger partial charge is 0.416 e. The molecule has 1 aliphatic heterocycles. The third kappa shape index (κ3) is 4.22. The van der Waals surface area contributed by atoms with Crippen molar-refractivity contribution in [3.8, 4) is 11.5 Å². The van der Waals surface area contributed by atoms with E-state index in [4.69, 9.17) is 20.8 Å². The molecule has 3 aromatic carbocycles. The van der Waals surface area contributed by atoms with Gasteiger partial charge in [-0.2, -0.15) is 13.2 Å². The van der Waals surface area contributed by atoms with Gasteiger partial charge in [-0.05, 0) is 48.0 Å². The zero-order valence-electron chi connectivity index (χ0n) is 19.4. The van der Waals surface area contributed by atoms with Crippen molar-refractivity contribution in [1.29, 1.82) is 0 Å². The number of aromatic hydroxyl groups is 1. The van der Waals surface area contributed by atoms with Crippen LogP contribution in [0, 0.1) is 0 Å². The molecule has 0 spiro atoms. The molecule has 1 atom stereocenters. The molecule has 7 nitrogen and oxygen atoms in total. The lowest BCUT2D eigenvalue weighted by Gasteiger charge is -2.27. The summed E-state index contributed by atoms with van der Waals surface area (Å²) < 4.78 is 51.3. The molecule has 1 amide bonds. The quantitative estimate of drug-likeness (QED) is 0.275. The maximum absolute atomic E-state index is 13.7. The van der Waals surface area contributed by atoms with Crippen LogP contribution < -0.4 is 9.64 Å². The summed E-state index contributed by atoms with van der Waals surface area (Å²) in [6.07, 6.45) is -4.71. The Kier molecular flexibility index (Phi) is 6.07. The number of carbonyl (C=O) groups excluding carboxylic acids is 2. The first-order valence-electron chi connectivity index (χ1n) is 11.0. The van der Waals surface area contributed by atoms with Crippen LogP contribution in [0.15, 0.2) is 82.5 Å². The van der Waals surface area contributed by atoms with E-state index >= 15 is 0 Å². The van der Waals surface area contributed by atoms with E-state index in [-0.39, 0.29) is 34.1 Å². The zero-order valence-corrected chi connectivity index (χ0v) is 20.2. The number of Topliss-reactive ketones (excluding diaryl/α,β-unsaturated/α-hetero) is 1. The predicted molar refractivity (Wildman–Crippen MR) is 132 cm³/mol. The number of phenolic OH excluding ortho intramolecular Hbond substituents is 1. The highest BCUT2D eigenvalue weighted by Gasteiger charge is 2.46. The van der Waals surface area contributed by atoms with E-state index in [0.29, 0.717) is 10.4 Å². The lowest BCUT2D eigenvalue weighted by molar-refractivity contribution is -0.137. The maximum atomic E-state index is 13.7. The maximum Gasteiger partial charge on any atom is 0.416 e. The third-order valence-electron chi connectivity index (χ3n) is 6.08. The minimum atomic E-state index is -4.71. The molecule has 4 aromatic rings. The van der Waals surface area contributed by atoms with Crippen LogP contribution in [0.1, 0.15) is 27.7 Å². The highest BCUT2D eigenvalue weighted by Crippen LogP contribution is 2.44. The molecule has 2 heterocycles. The van der Waals surface area contributed by atoms with Crippen molar-refractivity contribution in [3.05, 3.63) is 100.0 Å². The van der Waals surface area contributed by atoms with Crippen LogP contribution in [0.5, 0.6) is 11.5 Å². The number of alkyl halides is 3. The van der Waals surface area contributed by atoms with E-state index in [0.717, 1.165) is 23.1 Å². The molecule has 5 rings (SSSR count). The van der Waals surface area contributed by atoms with Crippen molar-refractivity contribution >= 4 is 39.9 Å². The summed E-state index contributed by atoms with van der Waals surface area (Å²) in [5, 5.41) is 21.7. The molecule has 38 heavy (non-hydrogen) atoms. The molecule has 11 heteroatoms. The average molecular weight is 544 g/mol. The molecule has 0 saturated carbocycles. The molecule has 0 bridgehead atoms. The van der Waals surface area contributed by atoms with Crippen LogP contribution >= 0.6 is 11.6 Å². The number of ether oxygens (including phenoxy) is 1. The first-order chi connectivity index (χ1) is 18.0. The van der Waals surface area contributed by atoms with Gasteiger partial charge in [-0.15, -0.1) is 0 Å². The van der Waals surface area contributed by atoms with Gasteiger partial charge < -0.3 is 19.4 Å². The highest BCUT2D eigenvalue weighted by atomic mass is 35.5. The Labute approximate surface area is 217 Å². The van der Waals surface area contributed by atoms with Gasteiger partial charge in [-0.1, -0.05) is 29.8 Å². The lowest BCUT2D eigenvalue weighted by atomic mass is 9.94. The molecular formula is C27H17ClF3NO6. The van der Waals surface area contributed by atoms with Gasteiger partial charge in [0.1, 0.15) is 5.75 Å². The monoisotopic (exact) mass is 543 g/mol. The fourth-order valence-corrected chi connectivity index (χ4v) is 4.64. The van der Waals surface area contributed by atoms with E-state index < -0.39 is 40.8 Å². The predicted octanol–water partition coefficient (Wildman–Crippen LogP) is 6.60. The van der Waals surface area contributed by atoms with Crippen molar-refractivity contribution in [2.24, 2.45) is 0 Å². The normalized spacial score (nSPS) is 16.0. The molecule has 1 unspecified atom stereocenters. The Bertz CT molecular complexity index is 1640. The van der Waals surface area contributed by atoms with Gasteiger partial charge in [-0.25, -0.2) is 0 Å². The Hall–Kier alpha value is -4.44. The molecular weight excluding hydrogens is 527 g/mol. The highest BCUT2D eigenvalue weighted by molar-refractivity contribution is 6.31. The van der Waals surface area contributed by atoms with Crippen LogP contribution in [-0.4, -0.2) is 29.0 Å². The molecule has 0 fully saturated rings. The Balaban J connectivity index is 1.68. The number of aliphatic hydroxyl groups is 1. The lowest BCUT2D eigenvalue weighted by Crippen LogP contribution is -2.31. The first kappa shape index (κ1) is 25.2. The second kappa shape index (κ2) is 9.14. The van der Waals surface area contributed by atoms with E-state index in [9.17, 15) is 33.0 Å². The SMILES string of the molecule is COc1cc(Cl)cc2cc(C(=O)C3=C(O)C(=O)N(c4cccc(C(F)(F)F)c4)C3c3cccc(O)c3)oc12. The average Bonchev–Trinajstić information content (AvgIpc) is 3.41. The Morgan fingerprint density at radius 3 is 2.47 bits per heavy atom. The minimum Gasteiger partial charge on any atom is -0.508 e. The number of fused-ring (bicyclic) bond motifs is 1. The number of furan rings is 1. The molecule has 1 aliphatic rings. The second-order valence-corrected chi connectivity index (χ2v) is 8.89. The molecule has 0 saturated heterocycles. The van der Waals surface area contributed by atoms with Gasteiger partial charge in [0.2, 0.25) is 5.78 Å². The Morgan fingerprint density at radius 2 is 1.79 bits per heavy atom. The largest absolute Gasteiger partial charge is 0.508 e. The van der Waals surface area contributed by atoms with Gasteiger partial charge in [0.15, 0.2) is 22.9 Å². The van der Waals surface area contributed by atoms with E-state index in [1.165, 1.54) is 55.6 Å². The number of phenols is 1. The number of hydrogen-bond donors (Lipinski definition) is 2. The van der Waals surface area contributed by atoms with Crippen LogP contribution in [0.25, 0.3) is 11.0 Å². The van der Waals surface area contributed by atoms with Crippen molar-refractivity contribution in [2.45, 2.75) is 12.2 Å². The van der Waals surface area contributed by atoms with E-state index in [2.05, 4.69) is 0 Å². The molecule has 0 aliphatic carbocycles. The summed E-state index contributed by atoms with van der Waals surface area (Å²) in [5.74, 6) is -3.22. The number of amides is 1. The standard InChI is InChI=1S/C27H17ClF3NO6/c1-37-20-12-16(28)8-14-10-19(38-25(14)20)23(34)21-22(13-4-2-7-18(33)9-13)32(26(36)24(21)35)17-6-3-5-15(11-17)27(29,30)31/h2-12,22,33,35H,1H3. The van der Waals surface area contributed by atoms with Crippen molar-refractivity contribution < 1.29 is 42.1 Å². The zero-order chi connectivity index (χ0) is 27.4. The number of aliphatic hydroxyl groups excluding tert-OH is 1. The number of carbonyl (C=O) groups is 2. The van der Waals surface area contributed by atoms with Crippen molar-refractivity contribution in [1.82, 2.24) is 0 Å². The number of ketones is 1. The summed E-state index contributed by atoms with van der Waals surface area (Å²) in [4.78, 5) is 27.8. The van der Waals surface area contributed by atoms with Gasteiger partial charge in [0.05, 0.1) is 24.3 Å². The summed E-state index contributed by atoms with van der Waals surface area (Å²) in [6.45, 7) is 0. The summed E-state index contributed by atoms with van der Waals surface area (Å²) in [5.41, 5.74) is -1.33. The van der Waals surface area contributed by atoms with Crippen molar-refractivity contribution in [3.63, 3.8) is 0 Å². The fourth-order valence-electron chi connectivity index (χ4n) is 4.43. The number of halogens is 4. The molecule has 2 N–H and O–H groups in total. The molecule has 0 radical (unpaired) electrons. The van der Waals surface area contributed by atoms with Crippen molar-refractivity contribution in [2.75, 3.05) is 12.0 Å². The number of methoxy groups -OCH3 is 1.